The molecule has 7 heteroatoms. The lowest BCUT2D eigenvalue weighted by Gasteiger charge is -2.21. The van der Waals surface area contributed by atoms with Gasteiger partial charge in [-0.2, -0.15) is 0 Å². The first-order valence-corrected chi connectivity index (χ1v) is 9.25. The van der Waals surface area contributed by atoms with Crippen LogP contribution in [0.5, 0.6) is 0 Å². The van der Waals surface area contributed by atoms with Crippen LogP contribution in [-0.2, 0) is 23.1 Å². The monoisotopic (exact) mass is 393 g/mol. The van der Waals surface area contributed by atoms with Crippen LogP contribution in [0.3, 0.4) is 0 Å². The second kappa shape index (κ2) is 6.93. The van der Waals surface area contributed by atoms with Gasteiger partial charge in [0.05, 0.1) is 11.0 Å². The highest BCUT2D eigenvalue weighted by atomic mass is 79.9. The molecule has 1 fully saturated rings. The van der Waals surface area contributed by atoms with Crippen LogP contribution >= 0.6 is 15.9 Å². The zero-order valence-electron chi connectivity index (χ0n) is 13.5. The van der Waals surface area contributed by atoms with Crippen LogP contribution in [0.15, 0.2) is 23.0 Å². The van der Waals surface area contributed by atoms with E-state index < -0.39 is 11.9 Å². The second-order valence-corrected chi connectivity index (χ2v) is 6.90. The van der Waals surface area contributed by atoms with Gasteiger partial charge >= 0.3 is 5.69 Å². The van der Waals surface area contributed by atoms with Gasteiger partial charge in [0.1, 0.15) is 6.04 Å². The van der Waals surface area contributed by atoms with Crippen molar-refractivity contribution in [3.05, 3.63) is 34.2 Å². The number of hydrogen-bond donors (Lipinski definition) is 1. The highest BCUT2D eigenvalue weighted by molar-refractivity contribution is 9.09. The van der Waals surface area contributed by atoms with E-state index >= 15 is 0 Å². The molecule has 2 aromatic rings. The number of hydrogen-bond acceptors (Lipinski definition) is 3. The van der Waals surface area contributed by atoms with E-state index in [2.05, 4.69) is 21.2 Å². The van der Waals surface area contributed by atoms with Crippen molar-refractivity contribution < 1.29 is 9.59 Å². The number of amides is 2. The van der Waals surface area contributed by atoms with E-state index in [0.29, 0.717) is 6.42 Å². The number of unbranched alkanes of at least 4 members (excludes halogenated alkanes) is 1. The fourth-order valence-electron chi connectivity index (χ4n) is 3.36. The molecule has 24 heavy (non-hydrogen) atoms. The highest BCUT2D eigenvalue weighted by Gasteiger charge is 2.31. The van der Waals surface area contributed by atoms with Crippen LogP contribution in [0.25, 0.3) is 11.0 Å². The molecule has 0 radical (unpaired) electrons. The lowest BCUT2D eigenvalue weighted by atomic mass is 10.0. The number of imide groups is 1. The van der Waals surface area contributed by atoms with Gasteiger partial charge in [0.15, 0.2) is 0 Å². The Balaban J connectivity index is 2.08. The summed E-state index contributed by atoms with van der Waals surface area (Å²) in [6.07, 6.45) is 3.59. The standard InChI is InChI=1S/C17H20BrN3O3/c1-20-15-11(5-2-3-10-18)6-4-7-12(15)21(17(20)24)13-8-9-14(22)19-16(13)23/h4,6-7,13H,2-3,5,8-10H2,1H3,(H,19,22,23). The van der Waals surface area contributed by atoms with Crippen molar-refractivity contribution in [2.75, 3.05) is 5.33 Å². The third kappa shape index (κ3) is 2.92. The Morgan fingerprint density at radius 2 is 2.04 bits per heavy atom. The number of halogens is 1. The van der Waals surface area contributed by atoms with Crippen LogP contribution < -0.4 is 11.0 Å². The molecule has 6 nitrogen and oxygen atoms in total. The van der Waals surface area contributed by atoms with E-state index in [0.717, 1.165) is 41.2 Å². The topological polar surface area (TPSA) is 73.1 Å². The van der Waals surface area contributed by atoms with Gasteiger partial charge < -0.3 is 0 Å². The summed E-state index contributed by atoms with van der Waals surface area (Å²) in [7, 11) is 1.74. The number of alkyl halides is 1. The molecular formula is C17H20BrN3O3. The number of fused-ring (bicyclic) bond motifs is 1. The molecule has 0 saturated carbocycles. The van der Waals surface area contributed by atoms with Crippen LogP contribution in [0.4, 0.5) is 0 Å². The average Bonchev–Trinajstić information content (AvgIpc) is 2.81. The highest BCUT2D eigenvalue weighted by Crippen LogP contribution is 2.25. The molecular weight excluding hydrogens is 374 g/mol. The summed E-state index contributed by atoms with van der Waals surface area (Å²) in [6, 6.07) is 5.20. The van der Waals surface area contributed by atoms with Gasteiger partial charge in [-0.1, -0.05) is 28.1 Å². The Hall–Kier alpha value is -1.89. The fraction of sp³-hybridized carbons (Fsp3) is 0.471. The number of aryl methyl sites for hydroxylation is 2. The molecule has 1 N–H and O–H groups in total. The van der Waals surface area contributed by atoms with Gasteiger partial charge in [-0.15, -0.1) is 0 Å². The maximum absolute atomic E-state index is 12.8. The minimum atomic E-state index is -0.628. The summed E-state index contributed by atoms with van der Waals surface area (Å²) in [5.41, 5.74) is 2.53. The number of carbonyl (C=O) groups excluding carboxylic acids is 2. The van der Waals surface area contributed by atoms with E-state index in [1.54, 1.807) is 11.6 Å². The maximum atomic E-state index is 12.8. The molecule has 1 aromatic carbocycles. The first-order chi connectivity index (χ1) is 11.5. The number of rotatable bonds is 5. The normalized spacial score (nSPS) is 18.2. The number of imidazole rings is 1. The molecule has 0 spiro atoms. The largest absolute Gasteiger partial charge is 0.329 e. The summed E-state index contributed by atoms with van der Waals surface area (Å²) in [4.78, 5) is 36.3. The molecule has 1 unspecified atom stereocenters. The summed E-state index contributed by atoms with van der Waals surface area (Å²) in [6.45, 7) is 0. The zero-order valence-corrected chi connectivity index (χ0v) is 15.1. The van der Waals surface area contributed by atoms with Gasteiger partial charge in [0, 0.05) is 18.8 Å². The predicted molar refractivity (Wildman–Crippen MR) is 95.3 cm³/mol. The lowest BCUT2D eigenvalue weighted by molar-refractivity contribution is -0.135. The van der Waals surface area contributed by atoms with Crippen molar-refractivity contribution in [3.63, 3.8) is 0 Å². The minimum absolute atomic E-state index is 0.215. The zero-order chi connectivity index (χ0) is 17.3. The summed E-state index contributed by atoms with van der Waals surface area (Å²) in [5.74, 6) is -0.675. The van der Waals surface area contributed by atoms with Crippen molar-refractivity contribution in [2.24, 2.45) is 7.05 Å². The van der Waals surface area contributed by atoms with Gasteiger partial charge in [-0.3, -0.25) is 24.0 Å². The number of para-hydroxylation sites is 1. The molecule has 0 bridgehead atoms. The first kappa shape index (κ1) is 17.0. The van der Waals surface area contributed by atoms with Gasteiger partial charge in [0.25, 0.3) is 0 Å². The third-order valence-electron chi connectivity index (χ3n) is 4.54. The molecule has 1 aliphatic rings. The molecule has 128 valence electrons. The maximum Gasteiger partial charge on any atom is 0.329 e. The van der Waals surface area contributed by atoms with Gasteiger partial charge in [-0.05, 0) is 37.3 Å². The quantitative estimate of drug-likeness (QED) is 0.479. The number of piperidine rings is 1. The van der Waals surface area contributed by atoms with Crippen LogP contribution in [0.1, 0.15) is 37.3 Å². The summed E-state index contributed by atoms with van der Waals surface area (Å²) in [5, 5.41) is 3.29. The molecule has 1 atom stereocenters. The van der Waals surface area contributed by atoms with E-state index in [-0.39, 0.29) is 18.0 Å². The van der Waals surface area contributed by atoms with Crippen molar-refractivity contribution in [1.82, 2.24) is 14.5 Å². The van der Waals surface area contributed by atoms with Crippen molar-refractivity contribution in [1.29, 1.82) is 0 Å². The van der Waals surface area contributed by atoms with E-state index in [1.165, 1.54) is 4.57 Å². The molecule has 2 amide bonds. The average molecular weight is 394 g/mol. The Bertz CT molecular complexity index is 853. The third-order valence-corrected chi connectivity index (χ3v) is 5.10. The fourth-order valence-corrected chi connectivity index (χ4v) is 3.76. The Morgan fingerprint density at radius 3 is 2.75 bits per heavy atom. The first-order valence-electron chi connectivity index (χ1n) is 8.13. The van der Waals surface area contributed by atoms with Gasteiger partial charge in [-0.25, -0.2) is 4.79 Å². The minimum Gasteiger partial charge on any atom is -0.295 e. The molecule has 1 aliphatic heterocycles. The van der Waals surface area contributed by atoms with Crippen LogP contribution in [0, 0.1) is 0 Å². The number of aromatic nitrogens is 2. The van der Waals surface area contributed by atoms with Crippen molar-refractivity contribution in [2.45, 2.75) is 38.1 Å². The van der Waals surface area contributed by atoms with E-state index in [1.807, 2.05) is 18.2 Å². The number of carbonyl (C=O) groups is 2. The predicted octanol–water partition coefficient (Wildman–Crippen LogP) is 2.04. The van der Waals surface area contributed by atoms with Gasteiger partial charge in [0.2, 0.25) is 11.8 Å². The second-order valence-electron chi connectivity index (χ2n) is 6.11. The lowest BCUT2D eigenvalue weighted by Crippen LogP contribution is -2.44. The number of nitrogens with one attached hydrogen (secondary N) is 1. The van der Waals surface area contributed by atoms with E-state index in [4.69, 9.17) is 0 Å². The van der Waals surface area contributed by atoms with Crippen LogP contribution in [-0.4, -0.2) is 26.3 Å². The SMILES string of the molecule is Cn1c(=O)n(C2CCC(=O)NC2=O)c2cccc(CCCCBr)c21. The summed E-state index contributed by atoms with van der Waals surface area (Å²) >= 11 is 3.44. The smallest absolute Gasteiger partial charge is 0.295 e. The van der Waals surface area contributed by atoms with E-state index in [9.17, 15) is 14.4 Å². The number of nitrogens with zero attached hydrogens (tertiary/aromatic N) is 2. The summed E-state index contributed by atoms with van der Waals surface area (Å²) < 4.78 is 3.15. The van der Waals surface area contributed by atoms with Crippen molar-refractivity contribution >= 4 is 38.8 Å². The molecule has 1 aromatic heterocycles. The Labute approximate surface area is 148 Å². The molecule has 2 heterocycles. The molecule has 3 rings (SSSR count). The number of benzene rings is 1. The van der Waals surface area contributed by atoms with Crippen molar-refractivity contribution in [3.8, 4) is 0 Å². The Kier molecular flexibility index (Phi) is 4.89. The Morgan fingerprint density at radius 1 is 1.25 bits per heavy atom. The van der Waals surface area contributed by atoms with Crippen LogP contribution in [0.2, 0.25) is 0 Å². The molecule has 1 saturated heterocycles. The molecule has 0 aliphatic carbocycles.